The molecule has 2 nitrogen and oxygen atoms in total. The lowest BCUT2D eigenvalue weighted by molar-refractivity contribution is 0.345. The summed E-state index contributed by atoms with van der Waals surface area (Å²) >= 11 is 0. The van der Waals surface area contributed by atoms with Crippen molar-refractivity contribution in [3.63, 3.8) is 0 Å². The van der Waals surface area contributed by atoms with Crippen LogP contribution in [0.15, 0.2) is 24.5 Å². The van der Waals surface area contributed by atoms with E-state index in [1.807, 2.05) is 26.1 Å². The van der Waals surface area contributed by atoms with Crippen LogP contribution in [0.25, 0.3) is 0 Å². The van der Waals surface area contributed by atoms with Gasteiger partial charge in [-0.3, -0.25) is 4.98 Å². The summed E-state index contributed by atoms with van der Waals surface area (Å²) in [6.07, 6.45) is 3.71. The molecule has 1 aromatic rings. The molecular formula is C11H20N2. The molecule has 0 unspecified atom stereocenters. The molecule has 13 heavy (non-hydrogen) atoms. The van der Waals surface area contributed by atoms with Gasteiger partial charge in [0.25, 0.3) is 0 Å². The van der Waals surface area contributed by atoms with E-state index in [0.717, 1.165) is 13.1 Å². The molecule has 0 N–H and O–H groups in total. The van der Waals surface area contributed by atoms with Gasteiger partial charge in [0, 0.05) is 18.9 Å². The van der Waals surface area contributed by atoms with E-state index in [0.29, 0.717) is 0 Å². The molecule has 0 bridgehead atoms. The molecule has 0 aliphatic rings. The Morgan fingerprint density at radius 2 is 2.08 bits per heavy atom. The van der Waals surface area contributed by atoms with Gasteiger partial charge in [-0.05, 0) is 25.2 Å². The van der Waals surface area contributed by atoms with Crippen LogP contribution < -0.4 is 0 Å². The van der Waals surface area contributed by atoms with Crippen LogP contribution in [-0.4, -0.2) is 23.5 Å². The molecule has 0 aliphatic carbocycles. The number of aromatic nitrogens is 1. The fourth-order valence-corrected chi connectivity index (χ4v) is 0.915. The van der Waals surface area contributed by atoms with E-state index in [1.54, 1.807) is 6.20 Å². The molecule has 0 atom stereocenters. The van der Waals surface area contributed by atoms with Crippen LogP contribution in [0.5, 0.6) is 0 Å². The first-order valence-electron chi connectivity index (χ1n) is 4.90. The van der Waals surface area contributed by atoms with Crippen LogP contribution in [0.3, 0.4) is 0 Å². The van der Waals surface area contributed by atoms with Crippen molar-refractivity contribution in [2.24, 2.45) is 0 Å². The zero-order valence-corrected chi connectivity index (χ0v) is 9.12. The maximum atomic E-state index is 4.05. The molecule has 1 rings (SSSR count). The maximum Gasteiger partial charge on any atom is 0.0312 e. The van der Waals surface area contributed by atoms with Crippen LogP contribution >= 0.6 is 0 Å². The Labute approximate surface area is 81.6 Å². The molecule has 1 heterocycles. The first kappa shape index (κ1) is 12.1. The smallest absolute Gasteiger partial charge is 0.0312 e. The fraction of sp³-hybridized carbons (Fsp3) is 0.545. The van der Waals surface area contributed by atoms with Crippen LogP contribution in [0.2, 0.25) is 0 Å². The highest BCUT2D eigenvalue weighted by atomic mass is 15.1. The summed E-state index contributed by atoms with van der Waals surface area (Å²) < 4.78 is 0. The van der Waals surface area contributed by atoms with Crippen molar-refractivity contribution in [3.05, 3.63) is 30.1 Å². The van der Waals surface area contributed by atoms with Crippen LogP contribution in [-0.2, 0) is 6.54 Å². The normalized spacial score (nSPS) is 9.31. The monoisotopic (exact) mass is 180 g/mol. The first-order chi connectivity index (χ1) is 6.33. The second-order valence-corrected chi connectivity index (χ2v) is 2.69. The molecule has 1 aromatic heterocycles. The van der Waals surface area contributed by atoms with E-state index in [1.165, 1.54) is 5.56 Å². The third-order valence-electron chi connectivity index (χ3n) is 1.72. The van der Waals surface area contributed by atoms with E-state index in [9.17, 15) is 0 Å². The predicted molar refractivity (Wildman–Crippen MR) is 57.6 cm³/mol. The minimum Gasteiger partial charge on any atom is -0.302 e. The summed E-state index contributed by atoms with van der Waals surface area (Å²) in [6.45, 7) is 8.22. The van der Waals surface area contributed by atoms with E-state index in [-0.39, 0.29) is 0 Å². The summed E-state index contributed by atoms with van der Waals surface area (Å²) in [5.74, 6) is 0. The van der Waals surface area contributed by atoms with Crippen molar-refractivity contribution in [2.75, 3.05) is 13.6 Å². The number of nitrogens with zero attached hydrogens (tertiary/aromatic N) is 2. The summed E-state index contributed by atoms with van der Waals surface area (Å²) in [4.78, 5) is 6.29. The van der Waals surface area contributed by atoms with Gasteiger partial charge >= 0.3 is 0 Å². The quantitative estimate of drug-likeness (QED) is 0.710. The molecule has 2 heteroatoms. The highest BCUT2D eigenvalue weighted by molar-refractivity contribution is 5.07. The standard InChI is InChI=1S/C9H14N2.C2H6/c1-3-11(2)8-9-5-4-6-10-7-9;1-2/h4-7H,3,8H2,1-2H3;1-2H3. The summed E-state index contributed by atoms with van der Waals surface area (Å²) in [6, 6.07) is 4.07. The Morgan fingerprint density at radius 3 is 2.54 bits per heavy atom. The molecular weight excluding hydrogens is 160 g/mol. The molecule has 0 aliphatic heterocycles. The van der Waals surface area contributed by atoms with Gasteiger partial charge in [-0.2, -0.15) is 0 Å². The Morgan fingerprint density at radius 1 is 1.38 bits per heavy atom. The molecule has 74 valence electrons. The van der Waals surface area contributed by atoms with Crippen molar-refractivity contribution in [3.8, 4) is 0 Å². The van der Waals surface area contributed by atoms with E-state index in [2.05, 4.69) is 29.9 Å². The zero-order valence-electron chi connectivity index (χ0n) is 9.12. The Hall–Kier alpha value is -0.890. The van der Waals surface area contributed by atoms with Crippen LogP contribution in [0, 0.1) is 0 Å². The fourth-order valence-electron chi connectivity index (χ4n) is 0.915. The highest BCUT2D eigenvalue weighted by Crippen LogP contribution is 1.99. The van der Waals surface area contributed by atoms with Gasteiger partial charge in [-0.25, -0.2) is 0 Å². The molecule has 0 aromatic carbocycles. The van der Waals surface area contributed by atoms with Gasteiger partial charge in [-0.15, -0.1) is 0 Å². The third-order valence-corrected chi connectivity index (χ3v) is 1.72. The van der Waals surface area contributed by atoms with Crippen molar-refractivity contribution in [2.45, 2.75) is 27.3 Å². The van der Waals surface area contributed by atoms with Crippen LogP contribution in [0.4, 0.5) is 0 Å². The first-order valence-corrected chi connectivity index (χ1v) is 4.90. The second kappa shape index (κ2) is 7.74. The van der Waals surface area contributed by atoms with Gasteiger partial charge in [-0.1, -0.05) is 26.8 Å². The van der Waals surface area contributed by atoms with Gasteiger partial charge < -0.3 is 4.90 Å². The molecule has 0 amide bonds. The van der Waals surface area contributed by atoms with Crippen molar-refractivity contribution < 1.29 is 0 Å². The lowest BCUT2D eigenvalue weighted by Crippen LogP contribution is -2.16. The number of rotatable bonds is 3. The topological polar surface area (TPSA) is 16.1 Å². The minimum atomic E-state index is 0.990. The molecule has 0 spiro atoms. The Balaban J connectivity index is 0.000000671. The number of pyridine rings is 1. The number of hydrogen-bond acceptors (Lipinski definition) is 2. The second-order valence-electron chi connectivity index (χ2n) is 2.69. The maximum absolute atomic E-state index is 4.05. The largest absolute Gasteiger partial charge is 0.302 e. The van der Waals surface area contributed by atoms with Crippen LogP contribution in [0.1, 0.15) is 26.3 Å². The van der Waals surface area contributed by atoms with Gasteiger partial charge in [0.2, 0.25) is 0 Å². The summed E-state index contributed by atoms with van der Waals surface area (Å²) in [5.41, 5.74) is 1.27. The zero-order chi connectivity index (χ0) is 10.1. The summed E-state index contributed by atoms with van der Waals surface area (Å²) in [5, 5.41) is 0. The SMILES string of the molecule is CC.CCN(C)Cc1cccnc1. The number of hydrogen-bond donors (Lipinski definition) is 0. The van der Waals surface area contributed by atoms with Crippen molar-refractivity contribution in [1.82, 2.24) is 9.88 Å². The summed E-state index contributed by atoms with van der Waals surface area (Å²) in [7, 11) is 2.10. The predicted octanol–water partition coefficient (Wildman–Crippen LogP) is 2.56. The van der Waals surface area contributed by atoms with E-state index in [4.69, 9.17) is 0 Å². The van der Waals surface area contributed by atoms with Crippen molar-refractivity contribution >= 4 is 0 Å². The third kappa shape index (κ3) is 5.36. The molecule has 0 saturated carbocycles. The molecule has 0 radical (unpaired) electrons. The van der Waals surface area contributed by atoms with Gasteiger partial charge in [0.15, 0.2) is 0 Å². The molecule has 0 saturated heterocycles. The lowest BCUT2D eigenvalue weighted by Gasteiger charge is -2.12. The highest BCUT2D eigenvalue weighted by Gasteiger charge is 1.95. The van der Waals surface area contributed by atoms with Gasteiger partial charge in [0.1, 0.15) is 0 Å². The minimum absolute atomic E-state index is 0.990. The van der Waals surface area contributed by atoms with E-state index < -0.39 is 0 Å². The van der Waals surface area contributed by atoms with Crippen molar-refractivity contribution in [1.29, 1.82) is 0 Å². The van der Waals surface area contributed by atoms with E-state index >= 15 is 0 Å². The molecule has 0 fully saturated rings. The van der Waals surface area contributed by atoms with Gasteiger partial charge in [0.05, 0.1) is 0 Å². The average molecular weight is 180 g/mol. The Kier molecular flexibility index (Phi) is 7.21. The Bertz CT molecular complexity index is 197. The average Bonchev–Trinajstić information content (AvgIpc) is 2.22. The lowest BCUT2D eigenvalue weighted by atomic mass is 10.3.